The summed E-state index contributed by atoms with van der Waals surface area (Å²) >= 11 is 0. The van der Waals surface area contributed by atoms with Gasteiger partial charge in [-0.25, -0.2) is 4.98 Å². The quantitative estimate of drug-likeness (QED) is 0.509. The van der Waals surface area contributed by atoms with Crippen LogP contribution in [0.2, 0.25) is 0 Å². The lowest BCUT2D eigenvalue weighted by Gasteiger charge is -2.08. The third-order valence-corrected chi connectivity index (χ3v) is 3.98. The molecule has 0 spiro atoms. The topological polar surface area (TPSA) is 50.9 Å². The zero-order chi connectivity index (χ0) is 16.4. The molecular weight excluding hydrogens is 294 g/mol. The first kappa shape index (κ1) is 14.3. The number of aromatic nitrogens is 1. The van der Waals surface area contributed by atoms with Gasteiger partial charge in [-0.1, -0.05) is 36.4 Å². The number of anilines is 3. The Bertz CT molecular complexity index is 974. The second-order valence-corrected chi connectivity index (χ2v) is 5.71. The van der Waals surface area contributed by atoms with Crippen molar-refractivity contribution in [3.63, 3.8) is 0 Å². The highest BCUT2D eigenvalue weighted by Gasteiger charge is 2.02. The summed E-state index contributed by atoms with van der Waals surface area (Å²) in [6.45, 7) is 0. The maximum Gasteiger partial charge on any atom is 0.0709 e. The van der Waals surface area contributed by atoms with Crippen molar-refractivity contribution >= 4 is 28.0 Å². The van der Waals surface area contributed by atoms with Crippen LogP contribution in [-0.2, 0) is 0 Å². The van der Waals surface area contributed by atoms with Crippen molar-refractivity contribution in [1.29, 1.82) is 0 Å². The molecule has 3 nitrogen and oxygen atoms in total. The summed E-state index contributed by atoms with van der Waals surface area (Å²) in [6.07, 6.45) is 0. The molecule has 0 saturated heterocycles. The van der Waals surface area contributed by atoms with E-state index in [4.69, 9.17) is 10.7 Å². The monoisotopic (exact) mass is 311 g/mol. The van der Waals surface area contributed by atoms with Gasteiger partial charge in [-0.3, -0.25) is 0 Å². The van der Waals surface area contributed by atoms with E-state index in [9.17, 15) is 0 Å². The van der Waals surface area contributed by atoms with E-state index in [1.165, 1.54) is 0 Å². The molecule has 0 bridgehead atoms. The second-order valence-electron chi connectivity index (χ2n) is 5.71. The number of para-hydroxylation sites is 1. The summed E-state index contributed by atoms with van der Waals surface area (Å²) in [5.74, 6) is 0. The van der Waals surface area contributed by atoms with E-state index in [1.54, 1.807) is 0 Å². The molecule has 4 rings (SSSR count). The van der Waals surface area contributed by atoms with E-state index < -0.39 is 0 Å². The number of hydrogen-bond donors (Lipinski definition) is 2. The fraction of sp³-hybridized carbons (Fsp3) is 0. The third-order valence-electron chi connectivity index (χ3n) is 3.98. The van der Waals surface area contributed by atoms with Crippen molar-refractivity contribution in [2.45, 2.75) is 0 Å². The fourth-order valence-corrected chi connectivity index (χ4v) is 2.68. The number of nitrogens with two attached hydrogens (primary N) is 1. The molecule has 1 heterocycles. The Balaban J connectivity index is 1.59. The van der Waals surface area contributed by atoms with Crippen LogP contribution in [0.4, 0.5) is 17.1 Å². The standard InChI is InChI=1S/C21H17N3/c22-17-8-12-19(13-9-17)23-18-10-5-16(6-11-18)21-14-7-15-3-1-2-4-20(15)24-21/h1-14,23H,22H2. The number of nitrogen functional groups attached to an aromatic ring is 1. The van der Waals surface area contributed by atoms with Crippen molar-refractivity contribution in [3.05, 3.63) is 84.9 Å². The number of nitrogens with zero attached hydrogens (tertiary/aromatic N) is 1. The van der Waals surface area contributed by atoms with Gasteiger partial charge in [0, 0.05) is 28.0 Å². The maximum absolute atomic E-state index is 5.71. The van der Waals surface area contributed by atoms with Gasteiger partial charge >= 0.3 is 0 Å². The molecule has 0 unspecified atom stereocenters. The minimum Gasteiger partial charge on any atom is -0.399 e. The maximum atomic E-state index is 5.71. The van der Waals surface area contributed by atoms with Crippen LogP contribution in [-0.4, -0.2) is 4.98 Å². The van der Waals surface area contributed by atoms with Gasteiger partial charge in [-0.2, -0.15) is 0 Å². The Kier molecular flexibility index (Phi) is 3.60. The van der Waals surface area contributed by atoms with Gasteiger partial charge in [0.15, 0.2) is 0 Å². The molecule has 3 heteroatoms. The van der Waals surface area contributed by atoms with E-state index in [-0.39, 0.29) is 0 Å². The normalized spacial score (nSPS) is 10.7. The van der Waals surface area contributed by atoms with Gasteiger partial charge in [0.2, 0.25) is 0 Å². The molecule has 0 fully saturated rings. The van der Waals surface area contributed by atoms with Gasteiger partial charge in [-0.05, 0) is 48.5 Å². The predicted molar refractivity (Wildman–Crippen MR) is 101 cm³/mol. The van der Waals surface area contributed by atoms with Crippen molar-refractivity contribution < 1.29 is 0 Å². The Morgan fingerprint density at radius 3 is 2.08 bits per heavy atom. The Morgan fingerprint density at radius 1 is 0.667 bits per heavy atom. The minimum absolute atomic E-state index is 0.762. The van der Waals surface area contributed by atoms with Crippen LogP contribution in [0.5, 0.6) is 0 Å². The molecule has 0 aliphatic heterocycles. The van der Waals surface area contributed by atoms with Gasteiger partial charge in [0.1, 0.15) is 0 Å². The first-order valence-electron chi connectivity index (χ1n) is 7.87. The smallest absolute Gasteiger partial charge is 0.0709 e. The number of nitrogens with one attached hydrogen (secondary N) is 1. The third kappa shape index (κ3) is 2.92. The van der Waals surface area contributed by atoms with E-state index in [1.807, 2.05) is 42.5 Å². The molecule has 0 radical (unpaired) electrons. The zero-order valence-electron chi connectivity index (χ0n) is 13.1. The van der Waals surface area contributed by atoms with Crippen LogP contribution in [0.25, 0.3) is 22.2 Å². The van der Waals surface area contributed by atoms with Crippen LogP contribution in [0.3, 0.4) is 0 Å². The Hall–Kier alpha value is -3.33. The summed E-state index contributed by atoms with van der Waals surface area (Å²) in [6, 6.07) is 28.3. The van der Waals surface area contributed by atoms with Crippen LogP contribution in [0.15, 0.2) is 84.9 Å². The van der Waals surface area contributed by atoms with Crippen molar-refractivity contribution in [2.24, 2.45) is 0 Å². The molecule has 116 valence electrons. The highest BCUT2D eigenvalue weighted by molar-refractivity contribution is 5.81. The first-order valence-corrected chi connectivity index (χ1v) is 7.87. The van der Waals surface area contributed by atoms with E-state index in [2.05, 4.69) is 47.8 Å². The Morgan fingerprint density at radius 2 is 1.33 bits per heavy atom. The molecule has 0 amide bonds. The molecule has 0 atom stereocenters. The first-order chi connectivity index (χ1) is 11.8. The molecule has 0 saturated carbocycles. The lowest BCUT2D eigenvalue weighted by molar-refractivity contribution is 1.40. The van der Waals surface area contributed by atoms with Crippen molar-refractivity contribution in [3.8, 4) is 11.3 Å². The van der Waals surface area contributed by atoms with Crippen LogP contribution >= 0.6 is 0 Å². The summed E-state index contributed by atoms with van der Waals surface area (Å²) in [7, 11) is 0. The van der Waals surface area contributed by atoms with E-state index >= 15 is 0 Å². The highest BCUT2D eigenvalue weighted by Crippen LogP contribution is 2.24. The average molecular weight is 311 g/mol. The second kappa shape index (κ2) is 6.05. The van der Waals surface area contributed by atoms with Crippen LogP contribution < -0.4 is 11.1 Å². The Labute approximate surface area is 140 Å². The molecule has 0 aliphatic carbocycles. The summed E-state index contributed by atoms with van der Waals surface area (Å²) in [5, 5.41) is 4.52. The number of pyridine rings is 1. The summed E-state index contributed by atoms with van der Waals surface area (Å²) in [5.41, 5.74) is 11.6. The molecule has 4 aromatic rings. The largest absolute Gasteiger partial charge is 0.399 e. The average Bonchev–Trinajstić information content (AvgIpc) is 2.64. The zero-order valence-corrected chi connectivity index (χ0v) is 13.1. The molecular formula is C21H17N3. The van der Waals surface area contributed by atoms with Gasteiger partial charge in [-0.15, -0.1) is 0 Å². The number of fused-ring (bicyclic) bond motifs is 1. The highest BCUT2D eigenvalue weighted by atomic mass is 14.9. The number of benzene rings is 3. The van der Waals surface area contributed by atoms with Gasteiger partial charge in [0.05, 0.1) is 11.2 Å². The van der Waals surface area contributed by atoms with Gasteiger partial charge in [0.25, 0.3) is 0 Å². The molecule has 3 aromatic carbocycles. The van der Waals surface area contributed by atoms with E-state index in [0.717, 1.165) is 39.2 Å². The fourth-order valence-electron chi connectivity index (χ4n) is 2.68. The molecule has 1 aromatic heterocycles. The SMILES string of the molecule is Nc1ccc(Nc2ccc(-c3ccc4ccccc4n3)cc2)cc1. The van der Waals surface area contributed by atoms with Crippen molar-refractivity contribution in [1.82, 2.24) is 4.98 Å². The van der Waals surface area contributed by atoms with Gasteiger partial charge < -0.3 is 11.1 Å². The van der Waals surface area contributed by atoms with Crippen LogP contribution in [0, 0.1) is 0 Å². The van der Waals surface area contributed by atoms with Crippen molar-refractivity contribution in [2.75, 3.05) is 11.1 Å². The lowest BCUT2D eigenvalue weighted by Crippen LogP contribution is -1.91. The van der Waals surface area contributed by atoms with Crippen LogP contribution in [0.1, 0.15) is 0 Å². The molecule has 3 N–H and O–H groups in total. The lowest BCUT2D eigenvalue weighted by atomic mass is 10.1. The molecule has 0 aliphatic rings. The minimum atomic E-state index is 0.762. The summed E-state index contributed by atoms with van der Waals surface area (Å²) < 4.78 is 0. The molecule has 24 heavy (non-hydrogen) atoms. The predicted octanol–water partition coefficient (Wildman–Crippen LogP) is 5.23. The summed E-state index contributed by atoms with van der Waals surface area (Å²) in [4.78, 5) is 4.73. The van der Waals surface area contributed by atoms with E-state index in [0.29, 0.717) is 0 Å². The number of hydrogen-bond acceptors (Lipinski definition) is 3. The number of rotatable bonds is 3.